The summed E-state index contributed by atoms with van der Waals surface area (Å²) in [6.45, 7) is 25.1. The van der Waals surface area contributed by atoms with Crippen LogP contribution in [0.5, 0.6) is 11.5 Å². The molecule has 0 bridgehead atoms. The Hall–Kier alpha value is -7.46. The number of hydrogen-bond acceptors (Lipinski definition) is 4. The first-order chi connectivity index (χ1) is 35.9. The summed E-state index contributed by atoms with van der Waals surface area (Å²) >= 11 is 0. The Morgan fingerprint density at radius 3 is 1.66 bits per heavy atom. The van der Waals surface area contributed by atoms with E-state index in [4.69, 9.17) is 9.72 Å². The Morgan fingerprint density at radius 2 is 1.04 bits per heavy atom. The number of hydrogen-bond donors (Lipinski definition) is 0. The van der Waals surface area contributed by atoms with Crippen LogP contribution in [0.1, 0.15) is 108 Å². The smallest absolute Gasteiger partial charge is 0.135 e. The van der Waals surface area contributed by atoms with E-state index in [1.54, 1.807) is 0 Å². The largest absolute Gasteiger partial charge is 0.509 e. The van der Waals surface area contributed by atoms with Crippen LogP contribution < -0.4 is 14.5 Å². The minimum Gasteiger partial charge on any atom is -0.509 e. The molecule has 6 heteroatoms. The van der Waals surface area contributed by atoms with E-state index >= 15 is 0 Å². The van der Waals surface area contributed by atoms with Crippen LogP contribution in [-0.4, -0.2) is 9.55 Å². The number of pyridine rings is 1. The Kier molecular flexibility index (Phi) is 13.9. The normalized spacial score (nSPS) is 13.3. The van der Waals surface area contributed by atoms with E-state index in [0.717, 1.165) is 66.9 Å². The number of aromatic nitrogens is 2. The molecule has 0 amide bonds. The van der Waals surface area contributed by atoms with Crippen molar-refractivity contribution in [1.82, 2.24) is 9.55 Å². The number of rotatable bonds is 11. The first-order valence-corrected chi connectivity index (χ1v) is 26.2. The summed E-state index contributed by atoms with van der Waals surface area (Å²) in [6, 6.07) is 76.9. The zero-order chi connectivity index (χ0) is 52.3. The van der Waals surface area contributed by atoms with Gasteiger partial charge in [-0.05, 0) is 97.1 Å². The first kappa shape index (κ1) is 52.0. The standard InChI is InChI=1S/C70H65N4O.Pt/c1-67(2,3)54-39-55(68(4,5)6)41-56(40-54)72-46-64(49-27-17-12-18-28-49)73(47-72)57-37-50(48-25-15-11-16-26-48)38-58(43-57)75-59-44-61(70(9,10)52-31-21-14-22-32-52)66-60-33-23-24-34-62(60)74(63(66)45-59)65-42-53(35-36-71-65)69(7,8)51-29-19-13-20-30-51;/h11-42,44,46-47H,1-10H3;/q-3;. The molecule has 11 rings (SSSR count). The van der Waals surface area contributed by atoms with E-state index in [1.165, 1.54) is 27.8 Å². The van der Waals surface area contributed by atoms with Gasteiger partial charge in [-0.2, -0.15) is 0 Å². The molecule has 2 aromatic heterocycles. The van der Waals surface area contributed by atoms with Gasteiger partial charge in [-0.15, -0.1) is 53.8 Å². The molecule has 10 aromatic rings. The summed E-state index contributed by atoms with van der Waals surface area (Å²) in [5.41, 5.74) is 14.6. The molecule has 8 aromatic carbocycles. The molecule has 0 atom stereocenters. The van der Waals surface area contributed by atoms with Gasteiger partial charge in [-0.3, -0.25) is 0 Å². The maximum Gasteiger partial charge on any atom is 0.135 e. The molecule has 0 aliphatic carbocycles. The van der Waals surface area contributed by atoms with Crippen molar-refractivity contribution in [3.8, 4) is 28.4 Å². The van der Waals surface area contributed by atoms with E-state index in [9.17, 15) is 0 Å². The summed E-state index contributed by atoms with van der Waals surface area (Å²) in [6.07, 6.45) is 4.19. The van der Waals surface area contributed by atoms with Gasteiger partial charge in [0.25, 0.3) is 0 Å². The molecule has 1 aliphatic heterocycles. The number of fused-ring (bicyclic) bond motifs is 3. The van der Waals surface area contributed by atoms with Crippen LogP contribution >= 0.6 is 0 Å². The van der Waals surface area contributed by atoms with Crippen LogP contribution in [0.25, 0.3) is 44.4 Å². The molecule has 0 unspecified atom stereocenters. The van der Waals surface area contributed by atoms with Crippen molar-refractivity contribution in [2.24, 2.45) is 0 Å². The molecule has 5 nitrogen and oxygen atoms in total. The van der Waals surface area contributed by atoms with Gasteiger partial charge in [-0.1, -0.05) is 226 Å². The van der Waals surface area contributed by atoms with Crippen molar-refractivity contribution in [3.05, 3.63) is 264 Å². The number of anilines is 2. The predicted octanol–water partition coefficient (Wildman–Crippen LogP) is 17.9. The van der Waals surface area contributed by atoms with Crippen molar-refractivity contribution in [2.45, 2.75) is 90.9 Å². The third-order valence-electron chi connectivity index (χ3n) is 15.2. The molecule has 3 heterocycles. The number of para-hydroxylation sites is 1. The average Bonchev–Trinajstić information content (AvgIpc) is 4.04. The van der Waals surface area contributed by atoms with Crippen molar-refractivity contribution in [1.29, 1.82) is 0 Å². The van der Waals surface area contributed by atoms with Gasteiger partial charge >= 0.3 is 0 Å². The average molecular weight is 1170 g/mol. The molecular formula is C70H65N4OPt-3. The summed E-state index contributed by atoms with van der Waals surface area (Å²) in [5.74, 6) is 1.97. The minimum atomic E-state index is -0.451. The number of benzene rings is 8. The number of ether oxygens (including phenoxy) is 1. The third kappa shape index (κ3) is 9.94. The fourth-order valence-electron chi connectivity index (χ4n) is 10.6. The van der Waals surface area contributed by atoms with Gasteiger partial charge in [0.05, 0.1) is 0 Å². The molecule has 1 aliphatic rings. The van der Waals surface area contributed by atoms with Crippen LogP contribution in [0.15, 0.2) is 207 Å². The molecule has 0 N–H and O–H groups in total. The second kappa shape index (κ2) is 20.2. The molecule has 384 valence electrons. The molecule has 0 fully saturated rings. The Morgan fingerprint density at radius 1 is 0.487 bits per heavy atom. The molecule has 0 saturated carbocycles. The maximum atomic E-state index is 7.28. The summed E-state index contributed by atoms with van der Waals surface area (Å²) in [4.78, 5) is 9.64. The summed E-state index contributed by atoms with van der Waals surface area (Å²) in [5, 5.41) is 2.24. The van der Waals surface area contributed by atoms with Crippen LogP contribution in [0.2, 0.25) is 0 Å². The fourth-order valence-corrected chi connectivity index (χ4v) is 10.6. The SMILES string of the molecule is CC(C)(C)c1cc(N2C=C(c3ccccc3)N(c3[c-]c(Oc4[c-]c5c(c(C(C)(C)c6ccccc6)c4)c4ccccc4n5-c4cc(C(C)(C)c5ccccc5)ccn4)cc(-c4ccccc4)c3)[CH-]2)cc(C(C)(C)C)c1.[Pt]. The van der Waals surface area contributed by atoms with Crippen molar-refractivity contribution in [2.75, 3.05) is 9.80 Å². The van der Waals surface area contributed by atoms with Crippen LogP contribution in [0.3, 0.4) is 0 Å². The van der Waals surface area contributed by atoms with Gasteiger partial charge < -0.3 is 19.1 Å². The van der Waals surface area contributed by atoms with Crippen LogP contribution in [0.4, 0.5) is 11.4 Å². The van der Waals surface area contributed by atoms with E-state index in [2.05, 4.69) is 303 Å². The van der Waals surface area contributed by atoms with Crippen LogP contribution in [-0.2, 0) is 42.7 Å². The summed E-state index contributed by atoms with van der Waals surface area (Å²) < 4.78 is 9.55. The quantitative estimate of drug-likeness (QED) is 0.121. The Bertz CT molecular complexity index is 3700. The molecule has 0 spiro atoms. The topological polar surface area (TPSA) is 33.5 Å². The molecule has 76 heavy (non-hydrogen) atoms. The van der Waals surface area contributed by atoms with Crippen molar-refractivity contribution in [3.63, 3.8) is 0 Å². The minimum absolute atomic E-state index is 0. The maximum absolute atomic E-state index is 7.28. The Labute approximate surface area is 464 Å². The zero-order valence-corrected chi connectivity index (χ0v) is 47.5. The summed E-state index contributed by atoms with van der Waals surface area (Å²) in [7, 11) is 0. The fraction of sp³-hybridized carbons (Fsp3) is 0.200. The van der Waals surface area contributed by atoms with Gasteiger partial charge in [0.1, 0.15) is 5.82 Å². The van der Waals surface area contributed by atoms with Gasteiger partial charge in [0.2, 0.25) is 0 Å². The zero-order valence-electron chi connectivity index (χ0n) is 45.2. The molecular weight excluding hydrogens is 1110 g/mol. The van der Waals surface area contributed by atoms with Gasteiger partial charge in [0, 0.05) is 61.1 Å². The van der Waals surface area contributed by atoms with E-state index in [0.29, 0.717) is 11.5 Å². The molecule has 0 saturated heterocycles. The Balaban J connectivity index is 0.00000657. The van der Waals surface area contributed by atoms with Gasteiger partial charge in [0.15, 0.2) is 0 Å². The van der Waals surface area contributed by atoms with E-state index in [1.807, 2.05) is 6.20 Å². The molecule has 0 radical (unpaired) electrons. The third-order valence-corrected chi connectivity index (χ3v) is 15.2. The predicted molar refractivity (Wildman–Crippen MR) is 313 cm³/mol. The van der Waals surface area contributed by atoms with Crippen molar-refractivity contribution < 1.29 is 25.8 Å². The number of nitrogens with zero attached hydrogens (tertiary/aromatic N) is 4. The van der Waals surface area contributed by atoms with Gasteiger partial charge in [-0.25, -0.2) is 4.98 Å². The van der Waals surface area contributed by atoms with Crippen LogP contribution in [0, 0.1) is 18.8 Å². The first-order valence-electron chi connectivity index (χ1n) is 26.2. The monoisotopic (exact) mass is 1170 g/mol. The van der Waals surface area contributed by atoms with E-state index < -0.39 is 5.41 Å². The second-order valence-corrected chi connectivity index (χ2v) is 23.1. The van der Waals surface area contributed by atoms with Crippen molar-refractivity contribution >= 4 is 38.9 Å². The second-order valence-electron chi connectivity index (χ2n) is 23.1. The van der Waals surface area contributed by atoms with E-state index in [-0.39, 0.29) is 37.3 Å².